The van der Waals surface area contributed by atoms with Crippen LogP contribution in [0.1, 0.15) is 40.3 Å². The monoisotopic (exact) mass is 393 g/mol. The van der Waals surface area contributed by atoms with Crippen LogP contribution in [0.25, 0.3) is 5.82 Å². The Kier molecular flexibility index (Phi) is 5.16. The van der Waals surface area contributed by atoms with E-state index in [4.69, 9.17) is 4.42 Å². The van der Waals surface area contributed by atoms with Gasteiger partial charge in [-0.1, -0.05) is 6.07 Å². The summed E-state index contributed by atoms with van der Waals surface area (Å²) in [4.78, 5) is 31.2. The van der Waals surface area contributed by atoms with Crippen molar-refractivity contribution in [1.82, 2.24) is 25.0 Å². The first kappa shape index (κ1) is 18.9. The van der Waals surface area contributed by atoms with Gasteiger partial charge in [0.15, 0.2) is 11.6 Å². The zero-order chi connectivity index (χ0) is 20.4. The molecule has 1 fully saturated rings. The molecule has 0 radical (unpaired) electrons. The Morgan fingerprint density at radius 2 is 2.14 bits per heavy atom. The number of hydrogen-bond donors (Lipinski definition) is 1. The molecule has 0 aromatic carbocycles. The number of aromatic nitrogens is 3. The summed E-state index contributed by atoms with van der Waals surface area (Å²) in [5.74, 6) is 0.582. The Labute approximate surface area is 168 Å². The minimum absolute atomic E-state index is 0.162. The zero-order valence-electron chi connectivity index (χ0n) is 16.5. The number of carbonyl (C=O) groups is 2. The van der Waals surface area contributed by atoms with Crippen LogP contribution in [-0.4, -0.2) is 44.1 Å². The van der Waals surface area contributed by atoms with Crippen LogP contribution in [0.4, 0.5) is 0 Å². The van der Waals surface area contributed by atoms with Gasteiger partial charge in [0.1, 0.15) is 6.04 Å². The molecule has 150 valence electrons. The molecule has 0 unspecified atom stereocenters. The lowest BCUT2D eigenvalue weighted by molar-refractivity contribution is -0.125. The Morgan fingerprint density at radius 1 is 1.28 bits per heavy atom. The van der Waals surface area contributed by atoms with Crippen LogP contribution in [0.5, 0.6) is 0 Å². The van der Waals surface area contributed by atoms with Crippen molar-refractivity contribution in [1.29, 1.82) is 0 Å². The quantitative estimate of drug-likeness (QED) is 0.718. The number of amides is 2. The van der Waals surface area contributed by atoms with Gasteiger partial charge in [-0.05, 0) is 56.5 Å². The van der Waals surface area contributed by atoms with E-state index in [1.54, 1.807) is 27.9 Å². The molecule has 1 aliphatic heterocycles. The van der Waals surface area contributed by atoms with E-state index in [9.17, 15) is 9.59 Å². The van der Waals surface area contributed by atoms with Crippen molar-refractivity contribution in [2.75, 3.05) is 6.54 Å². The Balaban J connectivity index is 1.38. The van der Waals surface area contributed by atoms with Gasteiger partial charge in [0.05, 0.1) is 12.0 Å². The van der Waals surface area contributed by atoms with Gasteiger partial charge in [0, 0.05) is 25.0 Å². The molecular weight excluding hydrogens is 370 g/mol. The number of carbonyl (C=O) groups excluding carboxylic acids is 2. The van der Waals surface area contributed by atoms with Crippen molar-refractivity contribution in [2.45, 2.75) is 39.3 Å². The van der Waals surface area contributed by atoms with Gasteiger partial charge >= 0.3 is 0 Å². The van der Waals surface area contributed by atoms with E-state index in [-0.39, 0.29) is 17.6 Å². The van der Waals surface area contributed by atoms with Crippen molar-refractivity contribution in [3.63, 3.8) is 0 Å². The Bertz CT molecular complexity index is 1010. The van der Waals surface area contributed by atoms with E-state index in [1.807, 2.05) is 32.0 Å². The molecule has 3 aromatic rings. The zero-order valence-corrected chi connectivity index (χ0v) is 16.5. The summed E-state index contributed by atoms with van der Waals surface area (Å²) in [6.45, 7) is 4.82. The lowest BCUT2D eigenvalue weighted by atomic mass is 10.2. The van der Waals surface area contributed by atoms with Crippen molar-refractivity contribution >= 4 is 11.8 Å². The fourth-order valence-electron chi connectivity index (χ4n) is 3.64. The molecule has 4 heterocycles. The fourth-order valence-corrected chi connectivity index (χ4v) is 3.64. The molecule has 0 bridgehead atoms. The second-order valence-electron chi connectivity index (χ2n) is 7.22. The summed E-state index contributed by atoms with van der Waals surface area (Å²) >= 11 is 0. The summed E-state index contributed by atoms with van der Waals surface area (Å²) < 4.78 is 6.97. The maximum absolute atomic E-state index is 12.7. The van der Waals surface area contributed by atoms with E-state index < -0.39 is 6.04 Å². The Hall–Kier alpha value is -3.42. The lowest BCUT2D eigenvalue weighted by Crippen LogP contribution is -2.45. The third-order valence-corrected chi connectivity index (χ3v) is 5.05. The molecule has 1 N–H and O–H groups in total. The van der Waals surface area contributed by atoms with Crippen LogP contribution in [-0.2, 0) is 11.3 Å². The average molecular weight is 393 g/mol. The number of hydrogen-bond acceptors (Lipinski definition) is 5. The number of likely N-dealkylation sites (tertiary alicyclic amines) is 1. The molecular formula is C21H23N5O3. The first-order valence-electron chi connectivity index (χ1n) is 9.63. The molecule has 4 rings (SSSR count). The number of furan rings is 1. The summed E-state index contributed by atoms with van der Waals surface area (Å²) in [5.41, 5.74) is 2.83. The first-order chi connectivity index (χ1) is 14.0. The van der Waals surface area contributed by atoms with Crippen LogP contribution >= 0.6 is 0 Å². The van der Waals surface area contributed by atoms with Crippen LogP contribution in [0.2, 0.25) is 0 Å². The van der Waals surface area contributed by atoms with Crippen molar-refractivity contribution in [3.05, 3.63) is 65.5 Å². The summed E-state index contributed by atoms with van der Waals surface area (Å²) in [5, 5.41) is 7.34. The van der Waals surface area contributed by atoms with Gasteiger partial charge in [-0.2, -0.15) is 5.10 Å². The third-order valence-electron chi connectivity index (χ3n) is 5.05. The van der Waals surface area contributed by atoms with E-state index in [1.165, 1.54) is 6.26 Å². The van der Waals surface area contributed by atoms with E-state index in [0.717, 1.165) is 29.2 Å². The minimum atomic E-state index is -0.477. The number of pyridine rings is 1. The van der Waals surface area contributed by atoms with Gasteiger partial charge in [-0.15, -0.1) is 0 Å². The predicted octanol–water partition coefficient (Wildman–Crippen LogP) is 2.40. The summed E-state index contributed by atoms with van der Waals surface area (Å²) in [6.07, 6.45) is 4.63. The highest BCUT2D eigenvalue weighted by molar-refractivity contribution is 5.95. The number of nitrogens with one attached hydrogen (secondary N) is 1. The lowest BCUT2D eigenvalue weighted by Gasteiger charge is -2.23. The molecule has 3 aromatic heterocycles. The second-order valence-corrected chi connectivity index (χ2v) is 7.22. The molecule has 29 heavy (non-hydrogen) atoms. The highest BCUT2D eigenvalue weighted by Crippen LogP contribution is 2.21. The Morgan fingerprint density at radius 3 is 2.79 bits per heavy atom. The maximum Gasteiger partial charge on any atom is 0.290 e. The molecule has 0 aliphatic carbocycles. The minimum Gasteiger partial charge on any atom is -0.459 e. The van der Waals surface area contributed by atoms with Gasteiger partial charge in [0.25, 0.3) is 5.91 Å². The SMILES string of the molecule is Cc1cc(C)n(-c2ccc(CNC(=O)[C@@H]3CCCN3C(=O)c3ccco3)cn2)n1. The highest BCUT2D eigenvalue weighted by Gasteiger charge is 2.35. The summed E-state index contributed by atoms with van der Waals surface area (Å²) in [6, 6.07) is 8.59. The normalized spacial score (nSPS) is 16.2. The molecule has 8 nitrogen and oxygen atoms in total. The van der Waals surface area contributed by atoms with Gasteiger partial charge < -0.3 is 14.6 Å². The fraction of sp³-hybridized carbons (Fsp3) is 0.333. The van der Waals surface area contributed by atoms with Crippen LogP contribution in [0.15, 0.2) is 47.2 Å². The average Bonchev–Trinajstić information content (AvgIpc) is 3.47. The molecule has 1 atom stereocenters. The summed E-state index contributed by atoms with van der Waals surface area (Å²) in [7, 11) is 0. The largest absolute Gasteiger partial charge is 0.459 e. The molecule has 2 amide bonds. The first-order valence-corrected chi connectivity index (χ1v) is 9.63. The second kappa shape index (κ2) is 7.90. The number of rotatable bonds is 5. The van der Waals surface area contributed by atoms with Crippen molar-refractivity contribution in [2.24, 2.45) is 0 Å². The molecule has 1 saturated heterocycles. The smallest absolute Gasteiger partial charge is 0.290 e. The predicted molar refractivity (Wildman–Crippen MR) is 105 cm³/mol. The van der Waals surface area contributed by atoms with Crippen molar-refractivity contribution in [3.8, 4) is 5.82 Å². The van der Waals surface area contributed by atoms with E-state index in [2.05, 4.69) is 15.4 Å². The molecule has 1 aliphatic rings. The highest BCUT2D eigenvalue weighted by atomic mass is 16.3. The van der Waals surface area contributed by atoms with E-state index in [0.29, 0.717) is 19.5 Å². The standard InChI is InChI=1S/C21H23N5O3/c1-14-11-15(2)26(24-14)19-8-7-16(12-22-19)13-23-20(27)17-5-3-9-25(17)21(28)18-6-4-10-29-18/h4,6-8,10-12,17H,3,5,9,13H2,1-2H3,(H,23,27)/t17-/m0/s1. The van der Waals surface area contributed by atoms with Gasteiger partial charge in [-0.25, -0.2) is 9.67 Å². The maximum atomic E-state index is 12.7. The van der Waals surface area contributed by atoms with Crippen molar-refractivity contribution < 1.29 is 14.0 Å². The molecule has 8 heteroatoms. The van der Waals surface area contributed by atoms with E-state index >= 15 is 0 Å². The van der Waals surface area contributed by atoms with Gasteiger partial charge in [0.2, 0.25) is 5.91 Å². The van der Waals surface area contributed by atoms with Gasteiger partial charge in [-0.3, -0.25) is 9.59 Å². The number of nitrogens with zero attached hydrogens (tertiary/aromatic N) is 4. The topological polar surface area (TPSA) is 93.3 Å². The van der Waals surface area contributed by atoms with Crippen LogP contribution < -0.4 is 5.32 Å². The van der Waals surface area contributed by atoms with Crippen LogP contribution in [0.3, 0.4) is 0 Å². The number of aryl methyl sites for hydroxylation is 2. The van der Waals surface area contributed by atoms with Crippen LogP contribution in [0, 0.1) is 13.8 Å². The third kappa shape index (κ3) is 3.91. The molecule has 0 saturated carbocycles. The molecule has 0 spiro atoms.